The fourth-order valence-corrected chi connectivity index (χ4v) is 3.85. The summed E-state index contributed by atoms with van der Waals surface area (Å²) in [5, 5.41) is 6.94. The molecule has 0 spiro atoms. The van der Waals surface area contributed by atoms with E-state index in [-0.39, 0.29) is 18.1 Å². The number of H-pyrrole nitrogens is 1. The van der Waals surface area contributed by atoms with Crippen LogP contribution in [0.2, 0.25) is 5.02 Å². The number of benzene rings is 3. The fraction of sp³-hybridized carbons (Fsp3) is 0.115. The van der Waals surface area contributed by atoms with Crippen LogP contribution in [0.4, 0.5) is 5.69 Å². The van der Waals surface area contributed by atoms with Gasteiger partial charge in [-0.3, -0.25) is 14.4 Å². The number of aromatic amines is 1. The number of nitrogens with one attached hydrogen (secondary N) is 3. The molecule has 4 aromatic rings. The van der Waals surface area contributed by atoms with Gasteiger partial charge >= 0.3 is 0 Å². The van der Waals surface area contributed by atoms with Crippen molar-refractivity contribution in [2.45, 2.75) is 19.4 Å². The Morgan fingerprint density at radius 2 is 1.64 bits per heavy atom. The van der Waals surface area contributed by atoms with Crippen LogP contribution in [0, 0.1) is 0 Å². The highest BCUT2D eigenvalue weighted by molar-refractivity contribution is 6.33. The minimum Gasteiger partial charge on any atom is -0.361 e. The van der Waals surface area contributed by atoms with Gasteiger partial charge in [-0.15, -0.1) is 0 Å². The summed E-state index contributed by atoms with van der Waals surface area (Å²) in [5.41, 5.74) is 3.22. The molecule has 2 amide bonds. The van der Waals surface area contributed by atoms with E-state index < -0.39 is 11.9 Å². The smallest absolute Gasteiger partial charge is 0.253 e. The van der Waals surface area contributed by atoms with Gasteiger partial charge in [0.15, 0.2) is 5.78 Å². The maximum absolute atomic E-state index is 13.2. The Hall–Kier alpha value is -3.90. The molecule has 3 aromatic carbocycles. The summed E-state index contributed by atoms with van der Waals surface area (Å²) in [7, 11) is 0. The number of carbonyl (C=O) groups excluding carboxylic acids is 3. The molecule has 1 atom stereocenters. The summed E-state index contributed by atoms with van der Waals surface area (Å²) < 4.78 is 0. The van der Waals surface area contributed by atoms with Crippen LogP contribution in [0.15, 0.2) is 79.0 Å². The van der Waals surface area contributed by atoms with E-state index in [0.29, 0.717) is 21.8 Å². The molecule has 0 saturated carbocycles. The predicted molar refractivity (Wildman–Crippen MR) is 130 cm³/mol. The number of para-hydroxylation sites is 1. The molecule has 6 nitrogen and oxygen atoms in total. The lowest BCUT2D eigenvalue weighted by atomic mass is 10.0. The van der Waals surface area contributed by atoms with Gasteiger partial charge in [-0.1, -0.05) is 41.9 Å². The summed E-state index contributed by atoms with van der Waals surface area (Å²) in [6.45, 7) is 1.48. The van der Waals surface area contributed by atoms with Crippen molar-refractivity contribution in [2.75, 3.05) is 5.32 Å². The fourth-order valence-electron chi connectivity index (χ4n) is 3.63. The van der Waals surface area contributed by atoms with Gasteiger partial charge in [-0.25, -0.2) is 0 Å². The first-order valence-electron chi connectivity index (χ1n) is 10.4. The molecule has 0 radical (unpaired) electrons. The van der Waals surface area contributed by atoms with Gasteiger partial charge in [0, 0.05) is 34.8 Å². The molecule has 4 rings (SSSR count). The second-order valence-electron chi connectivity index (χ2n) is 7.69. The van der Waals surface area contributed by atoms with Crippen molar-refractivity contribution >= 4 is 45.8 Å². The second-order valence-corrected chi connectivity index (χ2v) is 8.10. The zero-order valence-corrected chi connectivity index (χ0v) is 18.6. The molecule has 0 aliphatic heterocycles. The molecular formula is C26H22ClN3O3. The average Bonchev–Trinajstić information content (AvgIpc) is 3.22. The molecule has 0 fully saturated rings. The standard InChI is InChI=1S/C26H22ClN3O3/c1-16(31)17-10-12-19(13-11-17)29-26(33)24(30-25(32)21-7-2-4-8-22(21)27)14-18-15-28-23-9-5-3-6-20(18)23/h2-13,15,24,28H,14H2,1H3,(H,29,33)(H,30,32)/t24-/m1/s1. The quantitative estimate of drug-likeness (QED) is 0.339. The molecule has 166 valence electrons. The summed E-state index contributed by atoms with van der Waals surface area (Å²) >= 11 is 6.18. The molecule has 0 unspecified atom stereocenters. The van der Waals surface area contributed by atoms with E-state index in [1.165, 1.54) is 6.92 Å². The zero-order chi connectivity index (χ0) is 23.4. The van der Waals surface area contributed by atoms with Gasteiger partial charge in [0.25, 0.3) is 5.91 Å². The van der Waals surface area contributed by atoms with Gasteiger partial charge in [0.2, 0.25) is 5.91 Å². The first kappa shape index (κ1) is 22.3. The number of hydrogen-bond acceptors (Lipinski definition) is 3. The largest absolute Gasteiger partial charge is 0.361 e. The maximum Gasteiger partial charge on any atom is 0.253 e. The number of fused-ring (bicyclic) bond motifs is 1. The SMILES string of the molecule is CC(=O)c1ccc(NC(=O)[C@@H](Cc2c[nH]c3ccccc23)NC(=O)c2ccccc2Cl)cc1. The number of rotatable bonds is 7. The van der Waals surface area contributed by atoms with Crippen LogP contribution in [-0.4, -0.2) is 28.6 Å². The Morgan fingerprint density at radius 1 is 0.939 bits per heavy atom. The van der Waals surface area contributed by atoms with Gasteiger partial charge in [0.05, 0.1) is 10.6 Å². The normalized spacial score (nSPS) is 11.7. The van der Waals surface area contributed by atoms with Crippen molar-refractivity contribution < 1.29 is 14.4 Å². The molecular weight excluding hydrogens is 438 g/mol. The van der Waals surface area contributed by atoms with Crippen molar-refractivity contribution in [3.05, 3.63) is 101 Å². The maximum atomic E-state index is 13.2. The van der Waals surface area contributed by atoms with Gasteiger partial charge in [-0.05, 0) is 55.0 Å². The molecule has 7 heteroatoms. The molecule has 1 heterocycles. The lowest BCUT2D eigenvalue weighted by Crippen LogP contribution is -2.45. The lowest BCUT2D eigenvalue weighted by Gasteiger charge is -2.19. The van der Waals surface area contributed by atoms with E-state index in [4.69, 9.17) is 11.6 Å². The van der Waals surface area contributed by atoms with E-state index >= 15 is 0 Å². The number of aromatic nitrogens is 1. The van der Waals surface area contributed by atoms with Crippen molar-refractivity contribution in [1.82, 2.24) is 10.3 Å². The van der Waals surface area contributed by atoms with Gasteiger partial charge in [0.1, 0.15) is 6.04 Å². The molecule has 0 aliphatic carbocycles. The first-order valence-corrected chi connectivity index (χ1v) is 10.8. The topological polar surface area (TPSA) is 91.1 Å². The zero-order valence-electron chi connectivity index (χ0n) is 17.9. The van der Waals surface area contributed by atoms with Crippen LogP contribution < -0.4 is 10.6 Å². The number of halogens is 1. The Bertz CT molecular complexity index is 1330. The molecule has 0 bridgehead atoms. The number of ketones is 1. The third-order valence-corrected chi connectivity index (χ3v) is 5.73. The minimum absolute atomic E-state index is 0.0582. The van der Waals surface area contributed by atoms with Crippen molar-refractivity contribution in [3.8, 4) is 0 Å². The van der Waals surface area contributed by atoms with Crippen LogP contribution in [0.25, 0.3) is 10.9 Å². The Morgan fingerprint density at radius 3 is 2.36 bits per heavy atom. The highest BCUT2D eigenvalue weighted by Crippen LogP contribution is 2.21. The molecule has 0 aliphatic rings. The van der Waals surface area contributed by atoms with Crippen molar-refractivity contribution in [2.24, 2.45) is 0 Å². The first-order chi connectivity index (χ1) is 15.9. The highest BCUT2D eigenvalue weighted by atomic mass is 35.5. The third-order valence-electron chi connectivity index (χ3n) is 5.40. The lowest BCUT2D eigenvalue weighted by molar-refractivity contribution is -0.118. The van der Waals surface area contributed by atoms with Crippen LogP contribution in [0.3, 0.4) is 0 Å². The van der Waals surface area contributed by atoms with Crippen LogP contribution in [0.1, 0.15) is 33.2 Å². The minimum atomic E-state index is -0.861. The number of Topliss-reactive ketones (excluding diaryl/α,β-unsaturated/α-hetero) is 1. The number of hydrogen-bond donors (Lipinski definition) is 3. The number of carbonyl (C=O) groups is 3. The Kier molecular flexibility index (Phi) is 6.56. The third kappa shape index (κ3) is 5.13. The van der Waals surface area contributed by atoms with E-state index in [2.05, 4.69) is 15.6 Å². The molecule has 3 N–H and O–H groups in total. The van der Waals surface area contributed by atoms with Crippen LogP contribution >= 0.6 is 11.6 Å². The van der Waals surface area contributed by atoms with Crippen molar-refractivity contribution in [1.29, 1.82) is 0 Å². The Labute approximate surface area is 196 Å². The summed E-state index contributed by atoms with van der Waals surface area (Å²) in [6, 6.07) is 20.2. The molecule has 0 saturated heterocycles. The van der Waals surface area contributed by atoms with E-state index in [1.807, 2.05) is 30.5 Å². The number of anilines is 1. The van der Waals surface area contributed by atoms with E-state index in [9.17, 15) is 14.4 Å². The van der Waals surface area contributed by atoms with Crippen LogP contribution in [0.5, 0.6) is 0 Å². The summed E-state index contributed by atoms with van der Waals surface area (Å²) in [5.74, 6) is -0.874. The Balaban J connectivity index is 1.59. The summed E-state index contributed by atoms with van der Waals surface area (Å²) in [4.78, 5) is 40.8. The van der Waals surface area contributed by atoms with Gasteiger partial charge < -0.3 is 15.6 Å². The van der Waals surface area contributed by atoms with E-state index in [0.717, 1.165) is 16.5 Å². The van der Waals surface area contributed by atoms with Crippen molar-refractivity contribution in [3.63, 3.8) is 0 Å². The van der Waals surface area contributed by atoms with E-state index in [1.54, 1.807) is 48.5 Å². The molecule has 33 heavy (non-hydrogen) atoms. The highest BCUT2D eigenvalue weighted by Gasteiger charge is 2.24. The molecule has 1 aromatic heterocycles. The van der Waals surface area contributed by atoms with Crippen LogP contribution in [-0.2, 0) is 11.2 Å². The van der Waals surface area contributed by atoms with Gasteiger partial charge in [-0.2, -0.15) is 0 Å². The number of amides is 2. The predicted octanol–water partition coefficient (Wildman–Crippen LogP) is 5.00. The second kappa shape index (κ2) is 9.71. The average molecular weight is 460 g/mol. The summed E-state index contributed by atoms with van der Waals surface area (Å²) in [6.07, 6.45) is 2.12. The monoisotopic (exact) mass is 459 g/mol.